The summed E-state index contributed by atoms with van der Waals surface area (Å²) in [6.07, 6.45) is 1.06. The molecule has 4 nitrogen and oxygen atoms in total. The van der Waals surface area contributed by atoms with Gasteiger partial charge in [-0.2, -0.15) is 10.5 Å². The highest BCUT2D eigenvalue weighted by molar-refractivity contribution is 5.34. The van der Waals surface area contributed by atoms with Crippen LogP contribution in [-0.2, 0) is 0 Å². The Bertz CT molecular complexity index is 458. The van der Waals surface area contributed by atoms with Gasteiger partial charge in [-0.25, -0.2) is 0 Å². The topological polar surface area (TPSA) is 62.9 Å². The quantitative estimate of drug-likeness (QED) is 0.849. The standard InChI is InChI=1S/C14H16N4/c15-10-12-2-4-13(5-3-12)14(11-16)18-8-1-6-17-7-9-18/h2-5,14,17H,1,6-9H2. The number of benzene rings is 1. The van der Waals surface area contributed by atoms with Crippen molar-refractivity contribution in [3.8, 4) is 12.1 Å². The normalized spacial score (nSPS) is 18.3. The second-order valence-corrected chi connectivity index (χ2v) is 4.40. The van der Waals surface area contributed by atoms with Crippen LogP contribution in [0.5, 0.6) is 0 Å². The number of hydrogen-bond donors (Lipinski definition) is 1. The van der Waals surface area contributed by atoms with Crippen molar-refractivity contribution in [3.63, 3.8) is 0 Å². The summed E-state index contributed by atoms with van der Waals surface area (Å²) >= 11 is 0. The maximum absolute atomic E-state index is 9.37. The highest BCUT2D eigenvalue weighted by Crippen LogP contribution is 2.21. The van der Waals surface area contributed by atoms with Crippen molar-refractivity contribution in [2.24, 2.45) is 0 Å². The van der Waals surface area contributed by atoms with E-state index in [2.05, 4.69) is 22.4 Å². The van der Waals surface area contributed by atoms with E-state index in [1.54, 1.807) is 12.1 Å². The van der Waals surface area contributed by atoms with Crippen LogP contribution in [0.3, 0.4) is 0 Å². The molecule has 1 aromatic carbocycles. The summed E-state index contributed by atoms with van der Waals surface area (Å²) in [4.78, 5) is 2.20. The maximum atomic E-state index is 9.37. The van der Waals surface area contributed by atoms with Crippen molar-refractivity contribution in [1.29, 1.82) is 10.5 Å². The Morgan fingerprint density at radius 3 is 2.56 bits per heavy atom. The molecule has 0 aromatic heterocycles. The van der Waals surface area contributed by atoms with Gasteiger partial charge in [0.2, 0.25) is 0 Å². The Hall–Kier alpha value is -1.88. The Labute approximate surface area is 107 Å². The molecule has 0 saturated carbocycles. The molecule has 0 spiro atoms. The molecule has 2 rings (SSSR count). The third-order valence-electron chi connectivity index (χ3n) is 3.22. The number of nitrogens with one attached hydrogen (secondary N) is 1. The van der Waals surface area contributed by atoms with Crippen molar-refractivity contribution in [2.45, 2.75) is 12.5 Å². The van der Waals surface area contributed by atoms with Crippen LogP contribution in [0.1, 0.15) is 23.6 Å². The van der Waals surface area contributed by atoms with Gasteiger partial charge >= 0.3 is 0 Å². The Morgan fingerprint density at radius 1 is 1.11 bits per heavy atom. The molecule has 18 heavy (non-hydrogen) atoms. The van der Waals surface area contributed by atoms with E-state index in [1.165, 1.54) is 0 Å². The molecule has 0 radical (unpaired) electrons. The number of hydrogen-bond acceptors (Lipinski definition) is 4. The molecule has 1 fully saturated rings. The third kappa shape index (κ3) is 2.87. The molecule has 0 bridgehead atoms. The predicted molar refractivity (Wildman–Crippen MR) is 68.6 cm³/mol. The monoisotopic (exact) mass is 240 g/mol. The first kappa shape index (κ1) is 12.6. The van der Waals surface area contributed by atoms with Gasteiger partial charge in [-0.3, -0.25) is 4.90 Å². The average Bonchev–Trinajstić information content (AvgIpc) is 2.70. The molecule has 1 N–H and O–H groups in total. The SMILES string of the molecule is N#Cc1ccc(C(C#N)N2CCCNCC2)cc1. The lowest BCUT2D eigenvalue weighted by Gasteiger charge is -2.25. The summed E-state index contributed by atoms with van der Waals surface area (Å²) in [7, 11) is 0. The van der Waals surface area contributed by atoms with Crippen LogP contribution in [-0.4, -0.2) is 31.1 Å². The van der Waals surface area contributed by atoms with Gasteiger partial charge in [-0.05, 0) is 30.7 Å². The van der Waals surface area contributed by atoms with Crippen molar-refractivity contribution in [1.82, 2.24) is 10.2 Å². The zero-order valence-electron chi connectivity index (χ0n) is 10.3. The number of nitriles is 2. The first-order chi connectivity index (χ1) is 8.85. The fourth-order valence-corrected chi connectivity index (χ4v) is 2.23. The number of nitrogens with zero attached hydrogens (tertiary/aromatic N) is 3. The Morgan fingerprint density at radius 2 is 1.89 bits per heavy atom. The molecule has 1 aliphatic rings. The van der Waals surface area contributed by atoms with Crippen LogP contribution >= 0.6 is 0 Å². The van der Waals surface area contributed by atoms with E-state index < -0.39 is 0 Å². The average molecular weight is 240 g/mol. The molecule has 1 atom stereocenters. The van der Waals surface area contributed by atoms with E-state index in [-0.39, 0.29) is 6.04 Å². The minimum atomic E-state index is -0.211. The fourth-order valence-electron chi connectivity index (χ4n) is 2.23. The van der Waals surface area contributed by atoms with Gasteiger partial charge in [0.05, 0.1) is 17.7 Å². The van der Waals surface area contributed by atoms with Gasteiger partial charge in [0, 0.05) is 19.6 Å². The van der Waals surface area contributed by atoms with Crippen molar-refractivity contribution >= 4 is 0 Å². The Balaban J connectivity index is 2.16. The van der Waals surface area contributed by atoms with Gasteiger partial charge in [0.1, 0.15) is 6.04 Å². The molecule has 0 aliphatic carbocycles. The molecule has 1 aromatic rings. The van der Waals surface area contributed by atoms with Crippen LogP contribution in [0.25, 0.3) is 0 Å². The van der Waals surface area contributed by atoms with Crippen molar-refractivity contribution < 1.29 is 0 Å². The highest BCUT2D eigenvalue weighted by Gasteiger charge is 2.20. The van der Waals surface area contributed by atoms with Gasteiger partial charge in [0.15, 0.2) is 0 Å². The van der Waals surface area contributed by atoms with E-state index in [1.807, 2.05) is 12.1 Å². The second-order valence-electron chi connectivity index (χ2n) is 4.40. The third-order valence-corrected chi connectivity index (χ3v) is 3.22. The zero-order chi connectivity index (χ0) is 12.8. The molecule has 1 saturated heterocycles. The predicted octanol–water partition coefficient (Wildman–Crippen LogP) is 1.42. The van der Waals surface area contributed by atoms with Crippen LogP contribution in [0.15, 0.2) is 24.3 Å². The fraction of sp³-hybridized carbons (Fsp3) is 0.429. The smallest absolute Gasteiger partial charge is 0.123 e. The molecule has 0 amide bonds. The van der Waals surface area contributed by atoms with E-state index in [0.29, 0.717) is 5.56 Å². The molecule has 1 aliphatic heterocycles. The zero-order valence-corrected chi connectivity index (χ0v) is 10.3. The van der Waals surface area contributed by atoms with Gasteiger partial charge in [-0.15, -0.1) is 0 Å². The summed E-state index contributed by atoms with van der Waals surface area (Å²) in [5, 5.41) is 21.5. The summed E-state index contributed by atoms with van der Waals surface area (Å²) < 4.78 is 0. The van der Waals surface area contributed by atoms with Gasteiger partial charge in [-0.1, -0.05) is 12.1 Å². The van der Waals surface area contributed by atoms with Crippen LogP contribution < -0.4 is 5.32 Å². The van der Waals surface area contributed by atoms with E-state index >= 15 is 0 Å². The minimum absolute atomic E-state index is 0.211. The first-order valence-corrected chi connectivity index (χ1v) is 6.19. The lowest BCUT2D eigenvalue weighted by atomic mass is 10.0. The molecule has 92 valence electrons. The van der Waals surface area contributed by atoms with Crippen LogP contribution in [0, 0.1) is 22.7 Å². The van der Waals surface area contributed by atoms with Crippen LogP contribution in [0.4, 0.5) is 0 Å². The largest absolute Gasteiger partial charge is 0.315 e. The molecular formula is C14H16N4. The highest BCUT2D eigenvalue weighted by atomic mass is 15.2. The first-order valence-electron chi connectivity index (χ1n) is 6.19. The van der Waals surface area contributed by atoms with Crippen molar-refractivity contribution in [2.75, 3.05) is 26.2 Å². The summed E-state index contributed by atoms with van der Waals surface area (Å²) in [5.41, 5.74) is 1.60. The number of rotatable bonds is 2. The lowest BCUT2D eigenvalue weighted by molar-refractivity contribution is 0.252. The van der Waals surface area contributed by atoms with E-state index in [0.717, 1.165) is 38.2 Å². The lowest BCUT2D eigenvalue weighted by Crippen LogP contribution is -2.31. The molecule has 1 unspecified atom stereocenters. The van der Waals surface area contributed by atoms with E-state index in [4.69, 9.17) is 5.26 Å². The van der Waals surface area contributed by atoms with Gasteiger partial charge in [0.25, 0.3) is 0 Å². The molecule has 1 heterocycles. The van der Waals surface area contributed by atoms with E-state index in [9.17, 15) is 5.26 Å². The minimum Gasteiger partial charge on any atom is -0.315 e. The molecule has 4 heteroatoms. The summed E-state index contributed by atoms with van der Waals surface area (Å²) in [6.45, 7) is 3.76. The summed E-state index contributed by atoms with van der Waals surface area (Å²) in [6, 6.07) is 11.6. The molecular weight excluding hydrogens is 224 g/mol. The van der Waals surface area contributed by atoms with Gasteiger partial charge < -0.3 is 5.32 Å². The Kier molecular flexibility index (Phi) is 4.30. The van der Waals surface area contributed by atoms with Crippen molar-refractivity contribution in [3.05, 3.63) is 35.4 Å². The maximum Gasteiger partial charge on any atom is 0.123 e. The van der Waals surface area contributed by atoms with Crippen LogP contribution in [0.2, 0.25) is 0 Å². The second kappa shape index (κ2) is 6.16. The summed E-state index contributed by atoms with van der Waals surface area (Å²) in [5.74, 6) is 0.